The molecule has 16 nitrogen and oxygen atoms in total. The van der Waals surface area contributed by atoms with Crippen molar-refractivity contribution in [1.82, 2.24) is 0 Å². The van der Waals surface area contributed by atoms with E-state index >= 15 is 0 Å². The Balaban J connectivity index is 2.58. The van der Waals surface area contributed by atoms with E-state index in [1.54, 1.807) is 6.92 Å². The second-order valence-corrected chi connectivity index (χ2v) is 12.2. The van der Waals surface area contributed by atoms with Crippen LogP contribution >= 0.6 is 31.9 Å². The molecule has 0 unspecified atom stereocenters. The molecule has 0 saturated carbocycles. The van der Waals surface area contributed by atoms with E-state index in [9.17, 15) is 28.8 Å². The molecule has 0 amide bonds. The number of carbonyl (C=O) groups excluding carboxylic acids is 6. The lowest BCUT2D eigenvalue weighted by Crippen LogP contribution is -2.65. The van der Waals surface area contributed by atoms with Crippen molar-refractivity contribution >= 4 is 67.7 Å². The molecule has 0 aliphatic carbocycles. The molecule has 2 fully saturated rings. The van der Waals surface area contributed by atoms with Crippen LogP contribution in [0.15, 0.2) is 0 Å². The second kappa shape index (κ2) is 19.6. The van der Waals surface area contributed by atoms with E-state index in [1.165, 1.54) is 13.8 Å². The van der Waals surface area contributed by atoms with Crippen LogP contribution in [0, 0.1) is 11.8 Å². The van der Waals surface area contributed by atoms with Crippen molar-refractivity contribution in [3.63, 3.8) is 0 Å². The van der Waals surface area contributed by atoms with E-state index in [4.69, 9.17) is 47.4 Å². The Hall–Kier alpha value is -2.38. The van der Waals surface area contributed by atoms with Crippen LogP contribution in [0.5, 0.6) is 0 Å². The van der Waals surface area contributed by atoms with E-state index in [2.05, 4.69) is 31.9 Å². The van der Waals surface area contributed by atoms with Gasteiger partial charge in [0.05, 0.1) is 12.7 Å². The average Bonchev–Trinajstić information content (AvgIpc) is 2.96. The Labute approximate surface area is 289 Å². The monoisotopic (exact) mass is 804 g/mol. The Kier molecular flexibility index (Phi) is 17.0. The van der Waals surface area contributed by atoms with Crippen molar-refractivity contribution in [2.24, 2.45) is 11.8 Å². The van der Waals surface area contributed by atoms with Gasteiger partial charge < -0.3 is 47.4 Å². The van der Waals surface area contributed by atoms with Crippen LogP contribution < -0.4 is 0 Å². The summed E-state index contributed by atoms with van der Waals surface area (Å²) in [5, 5.41) is 1.20. The summed E-state index contributed by atoms with van der Waals surface area (Å²) in [4.78, 5) is 72.3. The maximum Gasteiger partial charge on any atom is 0.303 e. The van der Waals surface area contributed by atoms with Gasteiger partial charge in [0.2, 0.25) is 0 Å². The molecule has 2 heterocycles. The quantitative estimate of drug-likeness (QED) is 0.132. The van der Waals surface area contributed by atoms with Gasteiger partial charge in [-0.15, -0.1) is 0 Å². The van der Waals surface area contributed by atoms with E-state index in [-0.39, 0.29) is 19.1 Å². The summed E-state index contributed by atoms with van der Waals surface area (Å²) < 4.78 is 57.1. The maximum absolute atomic E-state index is 12.3. The van der Waals surface area contributed by atoms with Crippen molar-refractivity contribution in [3.05, 3.63) is 0 Å². The van der Waals surface area contributed by atoms with Crippen LogP contribution in [-0.4, -0.2) is 122 Å². The van der Waals surface area contributed by atoms with Crippen LogP contribution in [0.1, 0.15) is 48.5 Å². The molecular weight excluding hydrogens is 764 g/mol. The van der Waals surface area contributed by atoms with Gasteiger partial charge in [-0.3, -0.25) is 28.8 Å². The fourth-order valence-electron chi connectivity index (χ4n) is 4.95. The predicted octanol–water partition coefficient (Wildman–Crippen LogP) is 1.73. The molecule has 0 radical (unpaired) electrons. The van der Waals surface area contributed by atoms with Crippen LogP contribution in [0.4, 0.5) is 0 Å². The van der Waals surface area contributed by atoms with Crippen LogP contribution in [-0.2, 0) is 76.1 Å². The average molecular weight is 806 g/mol. The topological polar surface area (TPSA) is 195 Å². The first kappa shape index (κ1) is 40.8. The van der Waals surface area contributed by atoms with Gasteiger partial charge in [-0.1, -0.05) is 38.8 Å². The third-order valence-corrected chi connectivity index (χ3v) is 8.74. The molecule has 0 bridgehead atoms. The number of hydrogen-bond donors (Lipinski definition) is 0. The van der Waals surface area contributed by atoms with Crippen molar-refractivity contribution in [1.29, 1.82) is 0 Å². The number of carbonyl (C=O) groups is 6. The van der Waals surface area contributed by atoms with Crippen molar-refractivity contribution in [3.8, 4) is 0 Å². The van der Waals surface area contributed by atoms with E-state index in [0.717, 1.165) is 27.7 Å². The van der Waals surface area contributed by atoms with Crippen molar-refractivity contribution in [2.45, 2.75) is 104 Å². The number of alkyl halides is 2. The first-order chi connectivity index (χ1) is 22.1. The Bertz CT molecular complexity index is 1100. The first-order valence-electron chi connectivity index (χ1n) is 14.7. The minimum absolute atomic E-state index is 0.0328. The number of hydrogen-bond acceptors (Lipinski definition) is 16. The normalized spacial score (nSPS) is 30.5. The number of ether oxygens (including phenoxy) is 10. The molecule has 0 N–H and O–H groups in total. The van der Waals surface area contributed by atoms with Crippen LogP contribution in [0.2, 0.25) is 0 Å². The zero-order chi connectivity index (χ0) is 35.4. The maximum atomic E-state index is 12.3. The Morgan fingerprint density at radius 3 is 1.47 bits per heavy atom. The van der Waals surface area contributed by atoms with Gasteiger partial charge in [0.15, 0.2) is 37.0 Å². The lowest BCUT2D eigenvalue weighted by atomic mass is 9.89. The Morgan fingerprint density at radius 1 is 0.574 bits per heavy atom. The van der Waals surface area contributed by atoms with Crippen LogP contribution in [0.25, 0.3) is 0 Å². The highest BCUT2D eigenvalue weighted by Gasteiger charge is 2.56. The molecule has 2 saturated heterocycles. The lowest BCUT2D eigenvalue weighted by molar-refractivity contribution is -0.354. The zero-order valence-electron chi connectivity index (χ0n) is 27.2. The molecule has 0 aromatic heterocycles. The molecule has 10 atom stereocenters. The highest BCUT2D eigenvalue weighted by Crippen LogP contribution is 2.36. The lowest BCUT2D eigenvalue weighted by Gasteiger charge is -2.48. The van der Waals surface area contributed by atoms with E-state index in [1.807, 2.05) is 0 Å². The molecule has 47 heavy (non-hydrogen) atoms. The molecule has 0 aromatic carbocycles. The SMILES string of the molecule is CC(=O)OC[C@H]1O[C@@H](OCC(CBr)CBr)[C@H](OC(C)=O)[C@@H](C)[C@H]1O[C@H]1O[C@H](COC(C)=O)[C@H](OC(C)=O)[C@H](OC(C)=O)[C@H]1OC(C)=O. The fraction of sp³-hybridized carbons (Fsp3) is 0.793. The molecule has 2 aliphatic heterocycles. The third-order valence-electron chi connectivity index (χ3n) is 6.91. The third kappa shape index (κ3) is 12.9. The fourth-order valence-corrected chi connectivity index (χ4v) is 6.39. The smallest absolute Gasteiger partial charge is 0.303 e. The van der Waals surface area contributed by atoms with E-state index in [0.29, 0.717) is 10.7 Å². The summed E-state index contributed by atoms with van der Waals surface area (Å²) in [5.41, 5.74) is 0. The summed E-state index contributed by atoms with van der Waals surface area (Å²) in [7, 11) is 0. The number of halogens is 2. The summed E-state index contributed by atoms with van der Waals surface area (Å²) in [6, 6.07) is 0. The molecule has 2 rings (SSSR count). The van der Waals surface area contributed by atoms with Gasteiger partial charge in [-0.2, -0.15) is 0 Å². The molecule has 0 spiro atoms. The summed E-state index contributed by atoms with van der Waals surface area (Å²) in [6.07, 6.45) is -11.6. The standard InChI is InChI=1S/C29H42Br2O16/c1-13-23(21(11-38-14(2)32)45-28(24(13)41-16(4)34)40-10-20(8-30)9-31)47-29-27(44-19(7)37)26(43-18(6)36)25(42-17(5)35)22(46-29)12-39-15(3)33/h13,20-29H,8-12H2,1-7H3/t13-,21+,22+,23+,24+,25-,26-,27+,28+,29+/m0/s1. The van der Waals surface area contributed by atoms with Gasteiger partial charge in [-0.25, -0.2) is 0 Å². The number of rotatable bonds is 15. The minimum atomic E-state index is -1.58. The molecule has 268 valence electrons. The largest absolute Gasteiger partial charge is 0.463 e. The second-order valence-electron chi connectivity index (χ2n) is 11.0. The predicted molar refractivity (Wildman–Crippen MR) is 164 cm³/mol. The highest BCUT2D eigenvalue weighted by molar-refractivity contribution is 9.09. The molecular formula is C29H42Br2O16. The van der Waals surface area contributed by atoms with Gasteiger partial charge in [-0.05, 0) is 0 Å². The van der Waals surface area contributed by atoms with Crippen LogP contribution in [0.3, 0.4) is 0 Å². The molecule has 2 aliphatic rings. The minimum Gasteiger partial charge on any atom is -0.463 e. The van der Waals surface area contributed by atoms with Crippen molar-refractivity contribution < 1.29 is 76.1 Å². The van der Waals surface area contributed by atoms with Gasteiger partial charge >= 0.3 is 35.8 Å². The highest BCUT2D eigenvalue weighted by atomic mass is 79.9. The first-order valence-corrected chi connectivity index (χ1v) is 17.0. The van der Waals surface area contributed by atoms with Gasteiger partial charge in [0.1, 0.15) is 25.4 Å². The van der Waals surface area contributed by atoms with E-state index < -0.39 is 104 Å². The molecule has 18 heteroatoms. The number of esters is 6. The van der Waals surface area contributed by atoms with Gasteiger partial charge in [0.25, 0.3) is 0 Å². The van der Waals surface area contributed by atoms with Gasteiger partial charge in [0, 0.05) is 64.0 Å². The Morgan fingerprint density at radius 2 is 1.00 bits per heavy atom. The summed E-state index contributed by atoms with van der Waals surface area (Å²) >= 11 is 6.84. The zero-order valence-corrected chi connectivity index (χ0v) is 30.3. The summed E-state index contributed by atoms with van der Waals surface area (Å²) in [6.45, 7) is 7.92. The summed E-state index contributed by atoms with van der Waals surface area (Å²) in [5.74, 6) is -5.09. The molecule has 0 aromatic rings. The van der Waals surface area contributed by atoms with Crippen molar-refractivity contribution in [2.75, 3.05) is 30.5 Å².